The van der Waals surface area contributed by atoms with Gasteiger partial charge in [0.25, 0.3) is 0 Å². The minimum Gasteiger partial charge on any atom is -0.490 e. The molecule has 1 amide bonds. The maximum atomic E-state index is 12.3. The van der Waals surface area contributed by atoms with Gasteiger partial charge in [-0.25, -0.2) is 4.79 Å². The van der Waals surface area contributed by atoms with Gasteiger partial charge in [-0.2, -0.15) is 0 Å². The SMILES string of the molecule is O=C(OCc1ccccc1)N1CCC[C@H]1/C=C/COc1ccccc1. The Morgan fingerprint density at radius 2 is 1.80 bits per heavy atom. The Morgan fingerprint density at radius 3 is 2.56 bits per heavy atom. The van der Waals surface area contributed by atoms with Crippen LogP contribution in [-0.2, 0) is 11.3 Å². The zero-order valence-corrected chi connectivity index (χ0v) is 14.2. The zero-order chi connectivity index (χ0) is 17.3. The molecule has 0 spiro atoms. The number of hydrogen-bond donors (Lipinski definition) is 0. The minimum atomic E-state index is -0.250. The van der Waals surface area contributed by atoms with Crippen LogP contribution in [-0.4, -0.2) is 30.2 Å². The van der Waals surface area contributed by atoms with Crippen molar-refractivity contribution in [1.29, 1.82) is 0 Å². The van der Waals surface area contributed by atoms with Crippen LogP contribution in [0.25, 0.3) is 0 Å². The van der Waals surface area contributed by atoms with Gasteiger partial charge in [-0.3, -0.25) is 0 Å². The van der Waals surface area contributed by atoms with E-state index in [1.165, 1.54) is 0 Å². The molecule has 130 valence electrons. The monoisotopic (exact) mass is 337 g/mol. The summed E-state index contributed by atoms with van der Waals surface area (Å²) in [6.45, 7) is 1.54. The lowest BCUT2D eigenvalue weighted by Crippen LogP contribution is -2.34. The average molecular weight is 337 g/mol. The second-order valence-corrected chi connectivity index (χ2v) is 6.00. The summed E-state index contributed by atoms with van der Waals surface area (Å²) in [4.78, 5) is 14.1. The molecule has 1 atom stereocenters. The van der Waals surface area contributed by atoms with E-state index in [-0.39, 0.29) is 12.1 Å². The fourth-order valence-electron chi connectivity index (χ4n) is 2.90. The average Bonchev–Trinajstić information content (AvgIpc) is 3.14. The van der Waals surface area contributed by atoms with Crippen molar-refractivity contribution >= 4 is 6.09 Å². The molecule has 1 saturated heterocycles. The number of rotatable bonds is 6. The van der Waals surface area contributed by atoms with Crippen LogP contribution in [0.2, 0.25) is 0 Å². The van der Waals surface area contributed by atoms with Crippen molar-refractivity contribution < 1.29 is 14.3 Å². The van der Waals surface area contributed by atoms with Crippen LogP contribution >= 0.6 is 0 Å². The molecule has 4 heteroatoms. The summed E-state index contributed by atoms with van der Waals surface area (Å²) >= 11 is 0. The van der Waals surface area contributed by atoms with Gasteiger partial charge in [0.1, 0.15) is 19.0 Å². The quantitative estimate of drug-likeness (QED) is 0.732. The van der Waals surface area contributed by atoms with Crippen LogP contribution in [0.4, 0.5) is 4.79 Å². The third kappa shape index (κ3) is 5.11. The van der Waals surface area contributed by atoms with Crippen molar-refractivity contribution in [2.45, 2.75) is 25.5 Å². The smallest absolute Gasteiger partial charge is 0.410 e. The van der Waals surface area contributed by atoms with Crippen LogP contribution in [0.15, 0.2) is 72.8 Å². The highest BCUT2D eigenvalue weighted by atomic mass is 16.6. The Morgan fingerprint density at radius 1 is 1.08 bits per heavy atom. The largest absolute Gasteiger partial charge is 0.490 e. The van der Waals surface area contributed by atoms with Gasteiger partial charge in [0, 0.05) is 6.54 Å². The van der Waals surface area contributed by atoms with E-state index in [4.69, 9.17) is 9.47 Å². The molecule has 0 radical (unpaired) electrons. The van der Waals surface area contributed by atoms with Gasteiger partial charge in [0.05, 0.1) is 6.04 Å². The summed E-state index contributed by atoms with van der Waals surface area (Å²) in [5, 5.41) is 0. The van der Waals surface area contributed by atoms with E-state index in [1.807, 2.05) is 72.8 Å². The normalized spacial score (nSPS) is 17.0. The van der Waals surface area contributed by atoms with Crippen LogP contribution in [0.3, 0.4) is 0 Å². The third-order valence-corrected chi connectivity index (χ3v) is 4.19. The molecular weight excluding hydrogens is 314 g/mol. The van der Waals surface area contributed by atoms with Crippen LogP contribution < -0.4 is 4.74 Å². The topological polar surface area (TPSA) is 38.8 Å². The Balaban J connectivity index is 1.46. The van der Waals surface area contributed by atoms with Crippen molar-refractivity contribution in [2.24, 2.45) is 0 Å². The molecule has 3 rings (SSSR count). The molecule has 1 aliphatic heterocycles. The standard InChI is InChI=1S/C21H23NO3/c23-21(25-17-18-9-3-1-4-10-18)22-15-7-11-19(22)12-8-16-24-20-13-5-2-6-14-20/h1-6,8-10,12-14,19H,7,11,15-17H2/b12-8+/t19-/m0/s1. The number of nitrogens with zero attached hydrogens (tertiary/aromatic N) is 1. The number of benzene rings is 2. The lowest BCUT2D eigenvalue weighted by molar-refractivity contribution is 0.0974. The number of ether oxygens (including phenoxy) is 2. The lowest BCUT2D eigenvalue weighted by atomic mass is 10.2. The maximum absolute atomic E-state index is 12.3. The van der Waals surface area contributed by atoms with E-state index in [1.54, 1.807) is 4.90 Å². The summed E-state index contributed by atoms with van der Waals surface area (Å²) in [6, 6.07) is 19.5. The molecule has 2 aromatic rings. The number of likely N-dealkylation sites (tertiary alicyclic amines) is 1. The van der Waals surface area contributed by atoms with Crippen molar-refractivity contribution in [3.05, 3.63) is 78.4 Å². The first-order valence-electron chi connectivity index (χ1n) is 8.65. The molecule has 1 fully saturated rings. The van der Waals surface area contributed by atoms with Gasteiger partial charge in [0.2, 0.25) is 0 Å². The molecule has 0 unspecified atom stereocenters. The Hall–Kier alpha value is -2.75. The van der Waals surface area contributed by atoms with Gasteiger partial charge in [0.15, 0.2) is 0 Å². The minimum absolute atomic E-state index is 0.0858. The van der Waals surface area contributed by atoms with E-state index in [0.717, 1.165) is 30.7 Å². The maximum Gasteiger partial charge on any atom is 0.410 e. The van der Waals surface area contributed by atoms with E-state index >= 15 is 0 Å². The molecular formula is C21H23NO3. The fourth-order valence-corrected chi connectivity index (χ4v) is 2.90. The first-order valence-corrected chi connectivity index (χ1v) is 8.65. The molecule has 0 aromatic heterocycles. The number of hydrogen-bond acceptors (Lipinski definition) is 3. The predicted octanol–water partition coefficient (Wildman–Crippen LogP) is 4.42. The lowest BCUT2D eigenvalue weighted by Gasteiger charge is -2.21. The molecule has 4 nitrogen and oxygen atoms in total. The number of carbonyl (C=O) groups excluding carboxylic acids is 1. The van der Waals surface area contributed by atoms with Crippen LogP contribution in [0, 0.1) is 0 Å². The highest BCUT2D eigenvalue weighted by Gasteiger charge is 2.27. The third-order valence-electron chi connectivity index (χ3n) is 4.19. The highest BCUT2D eigenvalue weighted by molar-refractivity contribution is 5.68. The van der Waals surface area contributed by atoms with Gasteiger partial charge >= 0.3 is 6.09 Å². The molecule has 2 aromatic carbocycles. The highest BCUT2D eigenvalue weighted by Crippen LogP contribution is 2.20. The molecule has 0 aliphatic carbocycles. The fraction of sp³-hybridized carbons (Fsp3) is 0.286. The number of para-hydroxylation sites is 1. The molecule has 25 heavy (non-hydrogen) atoms. The Labute approximate surface area is 148 Å². The second-order valence-electron chi connectivity index (χ2n) is 6.00. The summed E-state index contributed by atoms with van der Waals surface area (Å²) in [5.41, 5.74) is 0.999. The van der Waals surface area contributed by atoms with E-state index in [2.05, 4.69) is 0 Å². The summed E-state index contributed by atoms with van der Waals surface area (Å²) in [7, 11) is 0. The van der Waals surface area contributed by atoms with Crippen molar-refractivity contribution in [1.82, 2.24) is 4.90 Å². The van der Waals surface area contributed by atoms with E-state index in [0.29, 0.717) is 13.2 Å². The van der Waals surface area contributed by atoms with Crippen molar-refractivity contribution in [3.63, 3.8) is 0 Å². The number of amides is 1. The van der Waals surface area contributed by atoms with Crippen LogP contribution in [0.1, 0.15) is 18.4 Å². The second kappa shape index (κ2) is 8.92. The van der Waals surface area contributed by atoms with Gasteiger partial charge in [-0.1, -0.05) is 54.6 Å². The summed E-state index contributed by atoms with van der Waals surface area (Å²) in [6.07, 6.45) is 5.72. The zero-order valence-electron chi connectivity index (χ0n) is 14.2. The number of carbonyl (C=O) groups is 1. The van der Waals surface area contributed by atoms with E-state index < -0.39 is 0 Å². The van der Waals surface area contributed by atoms with Gasteiger partial charge < -0.3 is 14.4 Å². The first-order chi connectivity index (χ1) is 12.3. The van der Waals surface area contributed by atoms with Gasteiger partial charge in [-0.15, -0.1) is 0 Å². The molecule has 1 heterocycles. The molecule has 1 aliphatic rings. The summed E-state index contributed by atoms with van der Waals surface area (Å²) in [5.74, 6) is 0.845. The summed E-state index contributed by atoms with van der Waals surface area (Å²) < 4.78 is 11.1. The van der Waals surface area contributed by atoms with Crippen LogP contribution in [0.5, 0.6) is 5.75 Å². The van der Waals surface area contributed by atoms with Crippen molar-refractivity contribution in [2.75, 3.05) is 13.2 Å². The molecule has 0 bridgehead atoms. The Bertz CT molecular complexity index is 685. The predicted molar refractivity (Wildman–Crippen MR) is 97.4 cm³/mol. The van der Waals surface area contributed by atoms with Gasteiger partial charge in [-0.05, 0) is 36.6 Å². The van der Waals surface area contributed by atoms with E-state index in [9.17, 15) is 4.79 Å². The first kappa shape index (κ1) is 17.1. The van der Waals surface area contributed by atoms with Crippen molar-refractivity contribution in [3.8, 4) is 5.75 Å². The Kier molecular flexibility index (Phi) is 6.10. The molecule has 0 N–H and O–H groups in total. The molecule has 0 saturated carbocycles.